The van der Waals surface area contributed by atoms with Crippen LogP contribution >= 0.6 is 11.6 Å². The molecule has 5 heteroatoms. The molecule has 17 heavy (non-hydrogen) atoms. The summed E-state index contributed by atoms with van der Waals surface area (Å²) in [4.78, 5) is 4.48. The monoisotopic (exact) mass is 247 g/mol. The number of fused-ring (bicyclic) bond motifs is 2. The molecule has 1 N–H and O–H groups in total. The molecule has 86 valence electrons. The average molecular weight is 248 g/mol. The van der Waals surface area contributed by atoms with Crippen molar-refractivity contribution in [2.75, 3.05) is 7.11 Å². The number of methoxy groups -OCH3 is 1. The largest absolute Gasteiger partial charge is 0.497 e. The van der Waals surface area contributed by atoms with Crippen LogP contribution in [0, 0.1) is 6.92 Å². The van der Waals surface area contributed by atoms with Gasteiger partial charge in [0, 0.05) is 5.39 Å². The van der Waals surface area contributed by atoms with Gasteiger partial charge < -0.3 is 4.74 Å². The molecule has 0 amide bonds. The Bertz CT molecular complexity index is 720. The van der Waals surface area contributed by atoms with Crippen molar-refractivity contribution in [3.8, 4) is 5.75 Å². The van der Waals surface area contributed by atoms with Crippen molar-refractivity contribution >= 4 is 33.5 Å². The van der Waals surface area contributed by atoms with E-state index < -0.39 is 0 Å². The average Bonchev–Trinajstić information content (AvgIpc) is 2.71. The first-order chi connectivity index (χ1) is 8.20. The number of hydrogen-bond acceptors (Lipinski definition) is 3. The standard InChI is InChI=1S/C12H10ClN3O/c1-6-10-11(13)8-5-7(17-2)3-4-9(8)14-12(10)16-15-6/h3-5H,1-2H3,(H,14,15,16). The molecule has 0 aliphatic rings. The molecule has 0 saturated heterocycles. The summed E-state index contributed by atoms with van der Waals surface area (Å²) in [5.41, 5.74) is 2.39. The molecule has 0 bridgehead atoms. The van der Waals surface area contributed by atoms with Crippen LogP contribution in [0.25, 0.3) is 21.9 Å². The third kappa shape index (κ3) is 1.45. The lowest BCUT2D eigenvalue weighted by molar-refractivity contribution is 0.415. The molecule has 0 atom stereocenters. The van der Waals surface area contributed by atoms with Crippen molar-refractivity contribution in [1.82, 2.24) is 15.2 Å². The fraction of sp³-hybridized carbons (Fsp3) is 0.167. The third-order valence-electron chi connectivity index (χ3n) is 2.82. The number of halogens is 1. The minimum absolute atomic E-state index is 0.662. The van der Waals surface area contributed by atoms with Crippen molar-refractivity contribution < 1.29 is 4.74 Å². The van der Waals surface area contributed by atoms with E-state index in [-0.39, 0.29) is 0 Å². The van der Waals surface area contributed by atoms with Gasteiger partial charge in [0.25, 0.3) is 0 Å². The molecule has 3 rings (SSSR count). The zero-order valence-corrected chi connectivity index (χ0v) is 10.2. The van der Waals surface area contributed by atoms with Crippen molar-refractivity contribution in [3.63, 3.8) is 0 Å². The Kier molecular flexibility index (Phi) is 2.19. The molecule has 0 spiro atoms. The predicted octanol–water partition coefficient (Wildman–Crippen LogP) is 3.08. The Hall–Kier alpha value is -1.81. The smallest absolute Gasteiger partial charge is 0.157 e. The van der Waals surface area contributed by atoms with E-state index in [0.29, 0.717) is 10.7 Å². The molecule has 0 saturated carbocycles. The second-order valence-electron chi connectivity index (χ2n) is 3.84. The summed E-state index contributed by atoms with van der Waals surface area (Å²) >= 11 is 6.39. The van der Waals surface area contributed by atoms with E-state index in [9.17, 15) is 0 Å². The van der Waals surface area contributed by atoms with Gasteiger partial charge in [-0.25, -0.2) is 4.98 Å². The molecule has 0 unspecified atom stereocenters. The van der Waals surface area contributed by atoms with E-state index in [2.05, 4.69) is 15.2 Å². The fourth-order valence-electron chi connectivity index (χ4n) is 1.93. The van der Waals surface area contributed by atoms with Crippen LogP contribution < -0.4 is 4.74 Å². The van der Waals surface area contributed by atoms with Gasteiger partial charge in [0.15, 0.2) is 5.65 Å². The van der Waals surface area contributed by atoms with E-state index >= 15 is 0 Å². The van der Waals surface area contributed by atoms with Gasteiger partial charge in [0.1, 0.15) is 5.75 Å². The van der Waals surface area contributed by atoms with E-state index in [1.165, 1.54) is 0 Å². The summed E-state index contributed by atoms with van der Waals surface area (Å²) in [6.07, 6.45) is 0. The topological polar surface area (TPSA) is 50.8 Å². The van der Waals surface area contributed by atoms with Crippen molar-refractivity contribution in [2.24, 2.45) is 0 Å². The minimum atomic E-state index is 0.662. The number of aromatic nitrogens is 3. The highest BCUT2D eigenvalue weighted by atomic mass is 35.5. The highest BCUT2D eigenvalue weighted by Crippen LogP contribution is 2.33. The molecule has 3 aromatic rings. The Balaban J connectivity index is 2.48. The summed E-state index contributed by atoms with van der Waals surface area (Å²) in [6, 6.07) is 5.63. The number of ether oxygens (including phenoxy) is 1. The van der Waals surface area contributed by atoms with Gasteiger partial charge in [-0.05, 0) is 25.1 Å². The summed E-state index contributed by atoms with van der Waals surface area (Å²) in [6.45, 7) is 1.90. The van der Waals surface area contributed by atoms with E-state index in [4.69, 9.17) is 16.3 Å². The second-order valence-corrected chi connectivity index (χ2v) is 4.22. The van der Waals surface area contributed by atoms with Crippen molar-refractivity contribution in [1.29, 1.82) is 0 Å². The van der Waals surface area contributed by atoms with Gasteiger partial charge in [-0.3, -0.25) is 5.10 Å². The molecule has 2 heterocycles. The first-order valence-corrected chi connectivity index (χ1v) is 5.56. The number of hydrogen-bond donors (Lipinski definition) is 1. The van der Waals surface area contributed by atoms with Gasteiger partial charge in [0.2, 0.25) is 0 Å². The normalized spacial score (nSPS) is 11.2. The molecule has 0 aliphatic carbocycles. The second kappa shape index (κ2) is 3.60. The first-order valence-electron chi connectivity index (χ1n) is 5.18. The number of pyridine rings is 1. The molecule has 1 aromatic carbocycles. The summed E-state index contributed by atoms with van der Waals surface area (Å²) in [5, 5.41) is 9.40. The lowest BCUT2D eigenvalue weighted by Gasteiger charge is -2.04. The number of rotatable bonds is 1. The molecular weight excluding hydrogens is 238 g/mol. The lowest BCUT2D eigenvalue weighted by Crippen LogP contribution is -1.87. The van der Waals surface area contributed by atoms with Crippen LogP contribution in [-0.4, -0.2) is 22.3 Å². The van der Waals surface area contributed by atoms with E-state index in [1.807, 2.05) is 25.1 Å². The summed E-state index contributed by atoms with van der Waals surface area (Å²) in [5.74, 6) is 0.765. The SMILES string of the molecule is COc1ccc2nc3[nH]nc(C)c3c(Cl)c2c1. The molecule has 0 fully saturated rings. The molecule has 0 radical (unpaired) electrons. The number of H-pyrrole nitrogens is 1. The van der Waals surface area contributed by atoms with Crippen LogP contribution in [0.15, 0.2) is 18.2 Å². The zero-order valence-electron chi connectivity index (χ0n) is 9.41. The quantitative estimate of drug-likeness (QED) is 0.719. The van der Waals surface area contributed by atoms with Crippen molar-refractivity contribution in [2.45, 2.75) is 6.92 Å². The number of benzene rings is 1. The van der Waals surface area contributed by atoms with E-state index in [1.54, 1.807) is 7.11 Å². The minimum Gasteiger partial charge on any atom is -0.497 e. The van der Waals surface area contributed by atoms with Crippen LogP contribution in [0.1, 0.15) is 5.69 Å². The van der Waals surface area contributed by atoms with E-state index in [0.717, 1.165) is 27.7 Å². The maximum atomic E-state index is 6.39. The Labute approximate surface area is 103 Å². The zero-order chi connectivity index (χ0) is 12.0. The van der Waals surface area contributed by atoms with Crippen LogP contribution in [0.5, 0.6) is 5.75 Å². The maximum Gasteiger partial charge on any atom is 0.157 e. The molecule has 2 aromatic heterocycles. The summed E-state index contributed by atoms with van der Waals surface area (Å²) < 4.78 is 5.19. The predicted molar refractivity (Wildman–Crippen MR) is 67.7 cm³/mol. The third-order valence-corrected chi connectivity index (χ3v) is 3.21. The maximum absolute atomic E-state index is 6.39. The number of aryl methyl sites for hydroxylation is 1. The van der Waals surface area contributed by atoms with Crippen molar-refractivity contribution in [3.05, 3.63) is 28.9 Å². The number of nitrogens with one attached hydrogen (secondary N) is 1. The molecule has 0 aliphatic heterocycles. The van der Waals surface area contributed by atoms with Gasteiger partial charge in [0.05, 0.1) is 28.7 Å². The first kappa shape index (κ1) is 10.4. The van der Waals surface area contributed by atoms with Gasteiger partial charge in [-0.1, -0.05) is 11.6 Å². The van der Waals surface area contributed by atoms with Crippen LogP contribution in [0.4, 0.5) is 0 Å². The van der Waals surface area contributed by atoms with Crippen LogP contribution in [-0.2, 0) is 0 Å². The highest BCUT2D eigenvalue weighted by molar-refractivity contribution is 6.40. The fourth-order valence-corrected chi connectivity index (χ4v) is 2.31. The molecular formula is C12H10ClN3O. The highest BCUT2D eigenvalue weighted by Gasteiger charge is 2.12. The van der Waals surface area contributed by atoms with Gasteiger partial charge >= 0.3 is 0 Å². The van der Waals surface area contributed by atoms with Crippen LogP contribution in [0.3, 0.4) is 0 Å². The number of aromatic amines is 1. The number of nitrogens with zero attached hydrogens (tertiary/aromatic N) is 2. The van der Waals surface area contributed by atoms with Crippen LogP contribution in [0.2, 0.25) is 5.02 Å². The Morgan fingerprint density at radius 1 is 1.35 bits per heavy atom. The molecule has 4 nitrogen and oxygen atoms in total. The Morgan fingerprint density at radius 3 is 2.94 bits per heavy atom. The Morgan fingerprint density at radius 2 is 2.18 bits per heavy atom. The van der Waals surface area contributed by atoms with Gasteiger partial charge in [-0.2, -0.15) is 5.10 Å². The van der Waals surface area contributed by atoms with Gasteiger partial charge in [-0.15, -0.1) is 0 Å². The lowest BCUT2D eigenvalue weighted by atomic mass is 10.1. The summed E-state index contributed by atoms with van der Waals surface area (Å²) in [7, 11) is 1.63.